The number of nitrogens with one attached hydrogen (secondary N) is 2. The number of carbonyl (C=O) groups excluding carboxylic acids is 1. The van der Waals surface area contributed by atoms with Gasteiger partial charge in [-0.25, -0.2) is 4.79 Å². The highest BCUT2D eigenvalue weighted by molar-refractivity contribution is 14.0. The zero-order valence-electron chi connectivity index (χ0n) is 18.5. The molecule has 0 aromatic carbocycles. The number of guanidine groups is 1. The summed E-state index contributed by atoms with van der Waals surface area (Å²) >= 11 is 0. The Morgan fingerprint density at radius 3 is 2.57 bits per heavy atom. The zero-order chi connectivity index (χ0) is 20.4. The van der Waals surface area contributed by atoms with Gasteiger partial charge in [-0.05, 0) is 58.8 Å². The highest BCUT2D eigenvalue weighted by Crippen LogP contribution is 2.17. The number of hydrogen-bond acceptors (Lipinski definition) is 4. The first kappa shape index (κ1) is 27.2. The topological polar surface area (TPSA) is 86.2 Å². The number of aliphatic hydroxyl groups excluding tert-OH is 1. The van der Waals surface area contributed by atoms with Crippen LogP contribution in [0.25, 0.3) is 0 Å². The fourth-order valence-electron chi connectivity index (χ4n) is 3.32. The summed E-state index contributed by atoms with van der Waals surface area (Å²) in [5.41, 5.74) is -0.489. The van der Waals surface area contributed by atoms with Gasteiger partial charge >= 0.3 is 6.09 Å². The van der Waals surface area contributed by atoms with Gasteiger partial charge < -0.3 is 25.4 Å². The van der Waals surface area contributed by atoms with Crippen molar-refractivity contribution in [3.05, 3.63) is 0 Å². The van der Waals surface area contributed by atoms with Gasteiger partial charge in [-0.1, -0.05) is 13.8 Å². The Hall–Kier alpha value is -0.770. The second-order valence-electron chi connectivity index (χ2n) is 8.78. The third kappa shape index (κ3) is 11.3. The van der Waals surface area contributed by atoms with E-state index in [9.17, 15) is 9.90 Å². The third-order valence-electron chi connectivity index (χ3n) is 4.38. The monoisotopic (exact) mass is 512 g/mol. The average Bonchev–Trinajstić information content (AvgIpc) is 2.97. The number of hydrogen-bond donors (Lipinski definition) is 3. The Bertz CT molecular complexity index is 481. The molecule has 8 heteroatoms. The summed E-state index contributed by atoms with van der Waals surface area (Å²) in [5, 5.41) is 15.6. The molecule has 1 aliphatic rings. The van der Waals surface area contributed by atoms with Crippen molar-refractivity contribution in [3.8, 4) is 0 Å². The summed E-state index contributed by atoms with van der Waals surface area (Å²) in [5.74, 6) is 1.87. The molecule has 166 valence electrons. The normalized spacial score (nSPS) is 18.6. The first-order valence-electron chi connectivity index (χ1n) is 10.3. The van der Waals surface area contributed by atoms with E-state index in [2.05, 4.69) is 36.3 Å². The Morgan fingerprint density at radius 2 is 2.04 bits per heavy atom. The number of ether oxygens (including phenoxy) is 1. The number of aliphatic hydroxyl groups is 1. The molecule has 0 aliphatic carbocycles. The number of amides is 1. The first-order valence-corrected chi connectivity index (χ1v) is 10.3. The van der Waals surface area contributed by atoms with Crippen LogP contribution in [0.1, 0.15) is 60.8 Å². The van der Waals surface area contributed by atoms with E-state index in [1.807, 2.05) is 20.8 Å². The molecule has 0 radical (unpaired) electrons. The molecule has 1 saturated heterocycles. The van der Waals surface area contributed by atoms with E-state index in [0.29, 0.717) is 18.4 Å². The molecule has 3 N–H and O–H groups in total. The van der Waals surface area contributed by atoms with E-state index in [1.165, 1.54) is 0 Å². The first-order chi connectivity index (χ1) is 12.6. The second kappa shape index (κ2) is 13.5. The molecule has 1 fully saturated rings. The van der Waals surface area contributed by atoms with Gasteiger partial charge in [0.05, 0.1) is 6.04 Å². The number of halogens is 1. The lowest BCUT2D eigenvalue weighted by atomic mass is 9.94. The molecule has 2 atom stereocenters. The van der Waals surface area contributed by atoms with E-state index < -0.39 is 5.60 Å². The molecule has 0 bridgehead atoms. The minimum Gasteiger partial charge on any atom is -0.444 e. The molecule has 0 saturated carbocycles. The van der Waals surface area contributed by atoms with Crippen LogP contribution in [0.4, 0.5) is 4.79 Å². The molecule has 0 spiro atoms. The van der Waals surface area contributed by atoms with E-state index >= 15 is 0 Å². The number of carbonyl (C=O) groups is 1. The minimum absolute atomic E-state index is 0. The highest BCUT2D eigenvalue weighted by atomic mass is 127. The Kier molecular flexibility index (Phi) is 13.1. The third-order valence-corrected chi connectivity index (χ3v) is 4.38. The number of alkyl carbamates (subject to hydrolysis) is 1. The van der Waals surface area contributed by atoms with Crippen LogP contribution in [-0.4, -0.2) is 66.5 Å². The molecule has 1 rings (SSSR count). The van der Waals surface area contributed by atoms with Crippen LogP contribution in [0.15, 0.2) is 4.99 Å². The molecule has 1 amide bonds. The Labute approximate surface area is 188 Å². The lowest BCUT2D eigenvalue weighted by Gasteiger charge is -2.24. The second-order valence-corrected chi connectivity index (χ2v) is 8.78. The van der Waals surface area contributed by atoms with Crippen LogP contribution in [0, 0.1) is 11.8 Å². The molecule has 0 aromatic rings. The van der Waals surface area contributed by atoms with Gasteiger partial charge in [0.15, 0.2) is 5.96 Å². The minimum atomic E-state index is -0.489. The van der Waals surface area contributed by atoms with E-state index in [0.717, 1.165) is 44.9 Å². The standard InChI is InChI=1S/C20H40N4O3.HI/c1-7-21-18(22-13-16(9-11-25)12-15(2)3)24-10-8-17(14-24)23-19(26)27-20(4,5)6;/h15-17,25H,7-14H2,1-6H3,(H,21,22)(H,23,26);1H. The van der Waals surface area contributed by atoms with Crippen molar-refractivity contribution in [3.63, 3.8) is 0 Å². The predicted octanol–water partition coefficient (Wildman–Crippen LogP) is 3.21. The van der Waals surface area contributed by atoms with Crippen molar-refractivity contribution < 1.29 is 14.6 Å². The Balaban J connectivity index is 0.00000729. The van der Waals surface area contributed by atoms with Crippen LogP contribution >= 0.6 is 24.0 Å². The number of aliphatic imine (C=N–C) groups is 1. The number of rotatable bonds is 8. The Morgan fingerprint density at radius 1 is 1.36 bits per heavy atom. The fraction of sp³-hybridized carbons (Fsp3) is 0.900. The average molecular weight is 512 g/mol. The summed E-state index contributed by atoms with van der Waals surface area (Å²) in [4.78, 5) is 19.0. The highest BCUT2D eigenvalue weighted by Gasteiger charge is 2.28. The zero-order valence-corrected chi connectivity index (χ0v) is 20.8. The van der Waals surface area contributed by atoms with Crippen molar-refractivity contribution in [1.29, 1.82) is 0 Å². The maximum atomic E-state index is 12.0. The molecular formula is C20H41IN4O3. The maximum Gasteiger partial charge on any atom is 0.407 e. The largest absolute Gasteiger partial charge is 0.444 e. The predicted molar refractivity (Wildman–Crippen MR) is 125 cm³/mol. The van der Waals surface area contributed by atoms with Crippen LogP contribution in [0.3, 0.4) is 0 Å². The van der Waals surface area contributed by atoms with E-state index in [-0.39, 0.29) is 42.7 Å². The number of likely N-dealkylation sites (tertiary alicyclic amines) is 1. The molecule has 28 heavy (non-hydrogen) atoms. The molecule has 1 aliphatic heterocycles. The summed E-state index contributed by atoms with van der Waals surface area (Å²) in [6.07, 6.45) is 2.35. The van der Waals surface area contributed by atoms with Crippen LogP contribution < -0.4 is 10.6 Å². The van der Waals surface area contributed by atoms with Gasteiger partial charge in [-0.15, -0.1) is 24.0 Å². The molecule has 7 nitrogen and oxygen atoms in total. The lowest BCUT2D eigenvalue weighted by molar-refractivity contribution is 0.0507. The van der Waals surface area contributed by atoms with Crippen molar-refractivity contribution in [1.82, 2.24) is 15.5 Å². The van der Waals surface area contributed by atoms with Crippen molar-refractivity contribution in [2.24, 2.45) is 16.8 Å². The molecule has 0 aromatic heterocycles. The van der Waals surface area contributed by atoms with Gasteiger partial charge in [0.1, 0.15) is 5.60 Å². The molecular weight excluding hydrogens is 471 g/mol. The quantitative estimate of drug-likeness (QED) is 0.264. The summed E-state index contributed by atoms with van der Waals surface area (Å²) < 4.78 is 5.35. The maximum absolute atomic E-state index is 12.0. The van der Waals surface area contributed by atoms with Crippen LogP contribution in [0.5, 0.6) is 0 Å². The summed E-state index contributed by atoms with van der Waals surface area (Å²) in [7, 11) is 0. The molecule has 1 heterocycles. The summed E-state index contributed by atoms with van der Waals surface area (Å²) in [6, 6.07) is 0.0626. The lowest BCUT2D eigenvalue weighted by Crippen LogP contribution is -2.44. The van der Waals surface area contributed by atoms with Gasteiger partial charge in [0, 0.05) is 32.8 Å². The van der Waals surface area contributed by atoms with Crippen molar-refractivity contribution in [2.45, 2.75) is 72.4 Å². The molecule has 2 unspecified atom stereocenters. The van der Waals surface area contributed by atoms with Gasteiger partial charge in [-0.2, -0.15) is 0 Å². The van der Waals surface area contributed by atoms with Crippen molar-refractivity contribution >= 4 is 36.0 Å². The van der Waals surface area contributed by atoms with Gasteiger partial charge in [-0.3, -0.25) is 4.99 Å². The summed E-state index contributed by atoms with van der Waals surface area (Å²) in [6.45, 7) is 15.3. The van der Waals surface area contributed by atoms with Gasteiger partial charge in [0.2, 0.25) is 0 Å². The van der Waals surface area contributed by atoms with E-state index in [4.69, 9.17) is 9.73 Å². The van der Waals surface area contributed by atoms with Crippen molar-refractivity contribution in [2.75, 3.05) is 32.8 Å². The fourth-order valence-corrected chi connectivity index (χ4v) is 3.32. The van der Waals surface area contributed by atoms with Gasteiger partial charge in [0.25, 0.3) is 0 Å². The smallest absolute Gasteiger partial charge is 0.407 e. The number of nitrogens with zero attached hydrogens (tertiary/aromatic N) is 2. The van der Waals surface area contributed by atoms with E-state index in [1.54, 1.807) is 0 Å². The van der Waals surface area contributed by atoms with Crippen LogP contribution in [-0.2, 0) is 4.74 Å². The SMILES string of the molecule is CCNC(=NCC(CCO)CC(C)C)N1CCC(NC(=O)OC(C)(C)C)C1.I. The van der Waals surface area contributed by atoms with Crippen LogP contribution in [0.2, 0.25) is 0 Å².